The summed E-state index contributed by atoms with van der Waals surface area (Å²) in [4.78, 5) is 23.9. The van der Waals surface area contributed by atoms with Crippen molar-refractivity contribution in [1.82, 2.24) is 19.2 Å². The maximum Gasteiger partial charge on any atom is 0.336 e. The highest BCUT2D eigenvalue weighted by molar-refractivity contribution is 5.80. The van der Waals surface area contributed by atoms with Crippen molar-refractivity contribution in [2.24, 2.45) is 7.05 Å². The number of hydrogen-bond donors (Lipinski definition) is 0. The average Bonchev–Trinajstić information content (AvgIpc) is 3.14. The van der Waals surface area contributed by atoms with Gasteiger partial charge in [0, 0.05) is 24.6 Å². The monoisotopic (exact) mass is 374 g/mol. The Labute approximate surface area is 157 Å². The molecule has 0 fully saturated rings. The van der Waals surface area contributed by atoms with Gasteiger partial charge in [-0.05, 0) is 30.3 Å². The first-order valence-corrected chi connectivity index (χ1v) is 8.60. The average molecular weight is 374 g/mol. The molecule has 0 saturated heterocycles. The molecule has 0 bridgehead atoms. The van der Waals surface area contributed by atoms with E-state index in [1.807, 2.05) is 24.3 Å². The standard InChI is InChI=1S/C20H14N4O4/c1-23-19(26)14-4-2-3-5-15(14)24-17(21-22-20(23)24)11-27-13-8-6-12-7-9-18(25)28-16(12)10-13/h2-10H,11H2,1H3. The number of fused-ring (bicyclic) bond motifs is 4. The summed E-state index contributed by atoms with van der Waals surface area (Å²) < 4.78 is 14.3. The highest BCUT2D eigenvalue weighted by Crippen LogP contribution is 2.21. The van der Waals surface area contributed by atoms with Gasteiger partial charge in [0.15, 0.2) is 5.82 Å². The molecule has 0 aliphatic heterocycles. The van der Waals surface area contributed by atoms with Crippen molar-refractivity contribution in [2.45, 2.75) is 6.61 Å². The van der Waals surface area contributed by atoms with Crippen LogP contribution in [0.5, 0.6) is 5.75 Å². The van der Waals surface area contributed by atoms with Crippen LogP contribution in [0.15, 0.2) is 68.6 Å². The fourth-order valence-electron chi connectivity index (χ4n) is 3.26. The van der Waals surface area contributed by atoms with Gasteiger partial charge in [0.25, 0.3) is 5.56 Å². The molecule has 0 radical (unpaired) electrons. The molecule has 0 unspecified atom stereocenters. The first-order chi connectivity index (χ1) is 13.6. The van der Waals surface area contributed by atoms with Crippen LogP contribution in [0.2, 0.25) is 0 Å². The van der Waals surface area contributed by atoms with Crippen molar-refractivity contribution < 1.29 is 9.15 Å². The predicted octanol–water partition coefficient (Wildman–Crippen LogP) is 2.27. The summed E-state index contributed by atoms with van der Waals surface area (Å²) in [7, 11) is 1.66. The van der Waals surface area contributed by atoms with Crippen molar-refractivity contribution in [2.75, 3.05) is 0 Å². The van der Waals surface area contributed by atoms with Crippen molar-refractivity contribution in [1.29, 1.82) is 0 Å². The minimum atomic E-state index is -0.416. The molecule has 0 N–H and O–H groups in total. The Morgan fingerprint density at radius 3 is 2.75 bits per heavy atom. The Bertz CT molecular complexity index is 1480. The summed E-state index contributed by atoms with van der Waals surface area (Å²) in [5, 5.41) is 9.71. The van der Waals surface area contributed by atoms with E-state index in [2.05, 4.69) is 10.2 Å². The highest BCUT2D eigenvalue weighted by Gasteiger charge is 2.15. The lowest BCUT2D eigenvalue weighted by Gasteiger charge is -2.09. The van der Waals surface area contributed by atoms with Crippen LogP contribution in [-0.4, -0.2) is 19.2 Å². The third-order valence-electron chi connectivity index (χ3n) is 4.66. The lowest BCUT2D eigenvalue weighted by molar-refractivity contribution is 0.295. The smallest absolute Gasteiger partial charge is 0.336 e. The van der Waals surface area contributed by atoms with E-state index < -0.39 is 5.63 Å². The number of benzene rings is 2. The Morgan fingerprint density at radius 1 is 1.04 bits per heavy atom. The maximum absolute atomic E-state index is 12.5. The van der Waals surface area contributed by atoms with Crippen molar-refractivity contribution in [3.63, 3.8) is 0 Å². The second kappa shape index (κ2) is 6.05. The van der Waals surface area contributed by atoms with E-state index in [0.717, 1.165) is 5.39 Å². The Hall–Kier alpha value is -3.94. The van der Waals surface area contributed by atoms with Gasteiger partial charge in [-0.25, -0.2) is 4.79 Å². The molecule has 8 heteroatoms. The van der Waals surface area contributed by atoms with Crippen LogP contribution in [0.1, 0.15) is 5.82 Å². The topological polar surface area (TPSA) is 91.6 Å². The maximum atomic E-state index is 12.5. The number of aryl methyl sites for hydroxylation is 1. The number of hydrogen-bond acceptors (Lipinski definition) is 6. The van der Waals surface area contributed by atoms with E-state index in [4.69, 9.17) is 9.15 Å². The fraction of sp³-hybridized carbons (Fsp3) is 0.100. The molecule has 8 nitrogen and oxygen atoms in total. The first kappa shape index (κ1) is 16.2. The van der Waals surface area contributed by atoms with Crippen LogP contribution in [0.3, 0.4) is 0 Å². The second-order valence-electron chi connectivity index (χ2n) is 6.38. The molecule has 0 atom stereocenters. The summed E-state index contributed by atoms with van der Waals surface area (Å²) in [6.07, 6.45) is 0. The minimum absolute atomic E-state index is 0.131. The molecule has 0 aliphatic carbocycles. The van der Waals surface area contributed by atoms with Crippen molar-refractivity contribution in [3.05, 3.63) is 81.2 Å². The van der Waals surface area contributed by atoms with Crippen LogP contribution in [0, 0.1) is 0 Å². The molecule has 3 aromatic heterocycles. The summed E-state index contributed by atoms with van der Waals surface area (Å²) >= 11 is 0. The van der Waals surface area contributed by atoms with Crippen LogP contribution in [0.4, 0.5) is 0 Å². The van der Waals surface area contributed by atoms with Gasteiger partial charge in [-0.3, -0.25) is 13.8 Å². The van der Waals surface area contributed by atoms with E-state index in [0.29, 0.717) is 33.8 Å². The van der Waals surface area contributed by atoms with Crippen molar-refractivity contribution in [3.8, 4) is 5.75 Å². The molecule has 28 heavy (non-hydrogen) atoms. The van der Waals surface area contributed by atoms with E-state index in [1.165, 1.54) is 10.6 Å². The van der Waals surface area contributed by atoms with Gasteiger partial charge in [-0.1, -0.05) is 12.1 Å². The first-order valence-electron chi connectivity index (χ1n) is 8.60. The zero-order valence-electron chi connectivity index (χ0n) is 14.8. The summed E-state index contributed by atoms with van der Waals surface area (Å²) in [5.41, 5.74) is 0.616. The van der Waals surface area contributed by atoms with Gasteiger partial charge in [-0.2, -0.15) is 0 Å². The number of nitrogens with zero attached hydrogens (tertiary/aromatic N) is 4. The Kier molecular flexibility index (Phi) is 3.51. The van der Waals surface area contributed by atoms with E-state index in [-0.39, 0.29) is 12.2 Å². The number of aromatic nitrogens is 4. The molecule has 0 saturated carbocycles. The zero-order valence-corrected chi connectivity index (χ0v) is 14.8. The van der Waals surface area contributed by atoms with Crippen LogP contribution in [0.25, 0.3) is 27.6 Å². The van der Waals surface area contributed by atoms with Gasteiger partial charge in [0.2, 0.25) is 5.78 Å². The number of para-hydroxylation sites is 1. The van der Waals surface area contributed by atoms with Gasteiger partial charge in [0.05, 0.1) is 10.9 Å². The SMILES string of the molecule is Cn1c(=O)c2ccccc2n2c(COc3ccc4ccc(=O)oc4c3)nnc12. The predicted molar refractivity (Wildman–Crippen MR) is 103 cm³/mol. The molecule has 0 amide bonds. The summed E-state index contributed by atoms with van der Waals surface area (Å²) in [5.74, 6) is 1.52. The third kappa shape index (κ3) is 2.46. The molecular formula is C20H14N4O4. The quantitative estimate of drug-likeness (QED) is 0.450. The fourth-order valence-corrected chi connectivity index (χ4v) is 3.26. The van der Waals surface area contributed by atoms with Gasteiger partial charge < -0.3 is 9.15 Å². The van der Waals surface area contributed by atoms with E-state index in [9.17, 15) is 9.59 Å². The lowest BCUT2D eigenvalue weighted by atomic mass is 10.2. The molecular weight excluding hydrogens is 360 g/mol. The number of rotatable bonds is 3. The molecule has 0 spiro atoms. The Balaban J connectivity index is 1.57. The van der Waals surface area contributed by atoms with Gasteiger partial charge in [-0.15, -0.1) is 10.2 Å². The zero-order chi connectivity index (χ0) is 19.3. The molecule has 138 valence electrons. The molecule has 3 heterocycles. The van der Waals surface area contributed by atoms with Crippen LogP contribution >= 0.6 is 0 Å². The Morgan fingerprint density at radius 2 is 1.86 bits per heavy atom. The minimum Gasteiger partial charge on any atom is -0.485 e. The largest absolute Gasteiger partial charge is 0.485 e. The lowest BCUT2D eigenvalue weighted by Crippen LogP contribution is -2.20. The number of ether oxygens (including phenoxy) is 1. The summed E-state index contributed by atoms with van der Waals surface area (Å²) in [6, 6.07) is 15.6. The molecule has 2 aromatic carbocycles. The highest BCUT2D eigenvalue weighted by atomic mass is 16.5. The van der Waals surface area contributed by atoms with Gasteiger partial charge in [0.1, 0.15) is 17.9 Å². The molecule has 5 rings (SSSR count). The third-order valence-corrected chi connectivity index (χ3v) is 4.66. The molecule has 5 aromatic rings. The molecule has 0 aliphatic rings. The van der Waals surface area contributed by atoms with Crippen LogP contribution < -0.4 is 15.9 Å². The van der Waals surface area contributed by atoms with Crippen molar-refractivity contribution >= 4 is 27.6 Å². The second-order valence-corrected chi connectivity index (χ2v) is 6.38. The normalized spacial score (nSPS) is 11.5. The van der Waals surface area contributed by atoms with E-state index in [1.54, 1.807) is 35.7 Å². The summed E-state index contributed by atoms with van der Waals surface area (Å²) in [6.45, 7) is 0.131. The van der Waals surface area contributed by atoms with Crippen LogP contribution in [-0.2, 0) is 13.7 Å². The van der Waals surface area contributed by atoms with E-state index >= 15 is 0 Å². The van der Waals surface area contributed by atoms with Gasteiger partial charge >= 0.3 is 5.63 Å².